The van der Waals surface area contributed by atoms with Gasteiger partial charge in [-0.1, -0.05) is 0 Å². The Bertz CT molecular complexity index is 182. The van der Waals surface area contributed by atoms with E-state index in [4.69, 9.17) is 5.73 Å². The molecule has 4 nitrogen and oxygen atoms in total. The lowest BCUT2D eigenvalue weighted by Crippen LogP contribution is -2.40. The second-order valence-corrected chi connectivity index (χ2v) is 3.87. The van der Waals surface area contributed by atoms with Gasteiger partial charge in [0.15, 0.2) is 0 Å². The third-order valence-corrected chi connectivity index (χ3v) is 2.49. The lowest BCUT2D eigenvalue weighted by molar-refractivity contribution is -0.122. The summed E-state index contributed by atoms with van der Waals surface area (Å²) >= 11 is 0. The molecule has 1 rings (SSSR count). The Morgan fingerprint density at radius 3 is 2.85 bits per heavy atom. The molecule has 0 aromatic rings. The molecule has 4 N–H and O–H groups in total. The fourth-order valence-electron chi connectivity index (χ4n) is 1.64. The highest BCUT2D eigenvalue weighted by atomic mass is 16.3. The van der Waals surface area contributed by atoms with Gasteiger partial charge in [-0.15, -0.1) is 0 Å². The van der Waals surface area contributed by atoms with E-state index in [1.807, 2.05) is 0 Å². The zero-order valence-corrected chi connectivity index (χ0v) is 7.99. The van der Waals surface area contributed by atoms with E-state index in [1.54, 1.807) is 6.92 Å². The highest BCUT2D eigenvalue weighted by molar-refractivity contribution is 5.80. The number of nitrogens with one attached hydrogen (secondary N) is 1. The second kappa shape index (κ2) is 4.58. The summed E-state index contributed by atoms with van der Waals surface area (Å²) in [6, 6.07) is -0.439. The first-order valence-electron chi connectivity index (χ1n) is 4.81. The first-order chi connectivity index (χ1) is 6.09. The second-order valence-electron chi connectivity index (χ2n) is 3.87. The van der Waals surface area contributed by atoms with Gasteiger partial charge in [-0.05, 0) is 32.1 Å². The number of rotatable bonds is 3. The van der Waals surface area contributed by atoms with Crippen LogP contribution in [-0.2, 0) is 4.79 Å². The lowest BCUT2D eigenvalue weighted by Gasteiger charge is -2.12. The molecule has 0 aliphatic heterocycles. The SMILES string of the molecule is CC(N)C(=O)NCC1CCC(O)C1. The summed E-state index contributed by atoms with van der Waals surface area (Å²) in [6.45, 7) is 2.32. The van der Waals surface area contributed by atoms with E-state index >= 15 is 0 Å². The number of carbonyl (C=O) groups excluding carboxylic acids is 1. The fourth-order valence-corrected chi connectivity index (χ4v) is 1.64. The fraction of sp³-hybridized carbons (Fsp3) is 0.889. The Labute approximate surface area is 78.5 Å². The van der Waals surface area contributed by atoms with Crippen molar-refractivity contribution in [2.75, 3.05) is 6.54 Å². The molecule has 1 amide bonds. The third kappa shape index (κ3) is 3.32. The van der Waals surface area contributed by atoms with Gasteiger partial charge in [0, 0.05) is 6.54 Å². The normalized spacial score (nSPS) is 30.1. The van der Waals surface area contributed by atoms with E-state index in [1.165, 1.54) is 0 Å². The minimum Gasteiger partial charge on any atom is -0.393 e. The van der Waals surface area contributed by atoms with Crippen LogP contribution in [0.25, 0.3) is 0 Å². The van der Waals surface area contributed by atoms with Crippen LogP contribution in [0.15, 0.2) is 0 Å². The molecule has 0 saturated heterocycles. The Morgan fingerprint density at radius 1 is 1.69 bits per heavy atom. The van der Waals surface area contributed by atoms with Gasteiger partial charge in [-0.3, -0.25) is 4.79 Å². The van der Waals surface area contributed by atoms with Crippen molar-refractivity contribution in [1.82, 2.24) is 5.32 Å². The summed E-state index contributed by atoms with van der Waals surface area (Å²) in [5.41, 5.74) is 5.39. The molecule has 0 spiro atoms. The number of aliphatic hydroxyl groups is 1. The molecule has 0 radical (unpaired) electrons. The first-order valence-corrected chi connectivity index (χ1v) is 4.81. The Hall–Kier alpha value is -0.610. The summed E-state index contributed by atoms with van der Waals surface area (Å²) < 4.78 is 0. The first kappa shape index (κ1) is 10.5. The largest absolute Gasteiger partial charge is 0.393 e. The molecular formula is C9H18N2O2. The maximum Gasteiger partial charge on any atom is 0.236 e. The van der Waals surface area contributed by atoms with Crippen LogP contribution in [0.5, 0.6) is 0 Å². The maximum absolute atomic E-state index is 11.1. The van der Waals surface area contributed by atoms with Crippen molar-refractivity contribution >= 4 is 5.91 Å². The number of amides is 1. The van der Waals surface area contributed by atoms with E-state index < -0.39 is 6.04 Å². The van der Waals surface area contributed by atoms with E-state index in [0.29, 0.717) is 12.5 Å². The van der Waals surface area contributed by atoms with Gasteiger partial charge in [-0.25, -0.2) is 0 Å². The van der Waals surface area contributed by atoms with Crippen LogP contribution in [0.4, 0.5) is 0 Å². The van der Waals surface area contributed by atoms with Gasteiger partial charge in [0.05, 0.1) is 12.1 Å². The van der Waals surface area contributed by atoms with Gasteiger partial charge < -0.3 is 16.2 Å². The van der Waals surface area contributed by atoms with Crippen LogP contribution < -0.4 is 11.1 Å². The van der Waals surface area contributed by atoms with Crippen LogP contribution in [0.1, 0.15) is 26.2 Å². The summed E-state index contributed by atoms with van der Waals surface area (Å²) in [7, 11) is 0. The molecule has 3 unspecified atom stereocenters. The Morgan fingerprint density at radius 2 is 2.38 bits per heavy atom. The third-order valence-electron chi connectivity index (χ3n) is 2.49. The topological polar surface area (TPSA) is 75.4 Å². The monoisotopic (exact) mass is 186 g/mol. The van der Waals surface area contributed by atoms with E-state index in [2.05, 4.69) is 5.32 Å². The number of hydrogen-bond donors (Lipinski definition) is 3. The van der Waals surface area contributed by atoms with Gasteiger partial charge in [-0.2, -0.15) is 0 Å². The van der Waals surface area contributed by atoms with Crippen molar-refractivity contribution in [3.63, 3.8) is 0 Å². The van der Waals surface area contributed by atoms with Crippen molar-refractivity contribution < 1.29 is 9.90 Å². The molecule has 3 atom stereocenters. The summed E-state index contributed by atoms with van der Waals surface area (Å²) in [6.07, 6.45) is 2.50. The molecule has 13 heavy (non-hydrogen) atoms. The number of aliphatic hydroxyl groups excluding tert-OH is 1. The molecule has 1 saturated carbocycles. The molecule has 0 bridgehead atoms. The zero-order chi connectivity index (χ0) is 9.84. The summed E-state index contributed by atoms with van der Waals surface area (Å²) in [5, 5.41) is 12.0. The average Bonchev–Trinajstić information content (AvgIpc) is 2.47. The van der Waals surface area contributed by atoms with Gasteiger partial charge in [0.2, 0.25) is 5.91 Å². The molecular weight excluding hydrogens is 168 g/mol. The molecule has 76 valence electrons. The summed E-state index contributed by atoms with van der Waals surface area (Å²) in [5.74, 6) is 0.319. The smallest absolute Gasteiger partial charge is 0.236 e. The van der Waals surface area contributed by atoms with Gasteiger partial charge in [0.25, 0.3) is 0 Å². The lowest BCUT2D eigenvalue weighted by atomic mass is 10.1. The minimum atomic E-state index is -0.439. The molecule has 0 aromatic carbocycles. The van der Waals surface area contributed by atoms with Crippen LogP contribution in [0.2, 0.25) is 0 Å². The predicted octanol–water partition coefficient (Wildman–Crippen LogP) is -0.389. The zero-order valence-electron chi connectivity index (χ0n) is 7.99. The van der Waals surface area contributed by atoms with Crippen molar-refractivity contribution in [2.45, 2.75) is 38.3 Å². The number of carbonyl (C=O) groups is 1. The quantitative estimate of drug-likeness (QED) is 0.562. The Kier molecular flexibility index (Phi) is 3.69. The number of hydrogen-bond acceptors (Lipinski definition) is 3. The van der Waals surface area contributed by atoms with Crippen LogP contribution in [0, 0.1) is 5.92 Å². The molecule has 1 aliphatic carbocycles. The number of nitrogens with two attached hydrogens (primary N) is 1. The van der Waals surface area contributed by atoms with Crippen molar-refractivity contribution in [3.05, 3.63) is 0 Å². The molecule has 0 aromatic heterocycles. The van der Waals surface area contributed by atoms with E-state index in [0.717, 1.165) is 19.3 Å². The molecule has 0 heterocycles. The molecule has 1 fully saturated rings. The van der Waals surface area contributed by atoms with Gasteiger partial charge in [0.1, 0.15) is 0 Å². The molecule has 1 aliphatic rings. The maximum atomic E-state index is 11.1. The van der Waals surface area contributed by atoms with Crippen molar-refractivity contribution in [3.8, 4) is 0 Å². The highest BCUT2D eigenvalue weighted by Gasteiger charge is 2.23. The van der Waals surface area contributed by atoms with Crippen LogP contribution in [0.3, 0.4) is 0 Å². The summed E-state index contributed by atoms with van der Waals surface area (Å²) in [4.78, 5) is 11.1. The van der Waals surface area contributed by atoms with Crippen molar-refractivity contribution in [2.24, 2.45) is 11.7 Å². The average molecular weight is 186 g/mol. The van der Waals surface area contributed by atoms with Crippen LogP contribution >= 0.6 is 0 Å². The highest BCUT2D eigenvalue weighted by Crippen LogP contribution is 2.24. The Balaban J connectivity index is 2.16. The van der Waals surface area contributed by atoms with Crippen molar-refractivity contribution in [1.29, 1.82) is 0 Å². The van der Waals surface area contributed by atoms with E-state index in [-0.39, 0.29) is 12.0 Å². The van der Waals surface area contributed by atoms with E-state index in [9.17, 15) is 9.90 Å². The standard InChI is InChI=1S/C9H18N2O2/c1-6(10)9(13)11-5-7-2-3-8(12)4-7/h6-8,12H,2-5,10H2,1H3,(H,11,13). The minimum absolute atomic E-state index is 0.110. The van der Waals surface area contributed by atoms with Crippen LogP contribution in [-0.4, -0.2) is 29.7 Å². The molecule has 4 heteroatoms. The predicted molar refractivity (Wildman–Crippen MR) is 50.0 cm³/mol. The van der Waals surface area contributed by atoms with Gasteiger partial charge >= 0.3 is 0 Å².